The molecule has 0 radical (unpaired) electrons. The highest BCUT2D eigenvalue weighted by molar-refractivity contribution is 5.98. The molecule has 2 amide bonds. The molecule has 27 heavy (non-hydrogen) atoms. The van der Waals surface area contributed by atoms with Gasteiger partial charge in [0.15, 0.2) is 11.5 Å². The lowest BCUT2D eigenvalue weighted by Crippen LogP contribution is -2.40. The summed E-state index contributed by atoms with van der Waals surface area (Å²) < 4.78 is 16.1. The number of hydrogen-bond donors (Lipinski definition) is 0. The quantitative estimate of drug-likeness (QED) is 0.787. The van der Waals surface area contributed by atoms with Gasteiger partial charge in [-0.25, -0.2) is 0 Å². The molecule has 3 rings (SSSR count). The molecular weight excluding hydrogens is 348 g/mol. The van der Waals surface area contributed by atoms with Crippen LogP contribution < -0.4 is 14.2 Å². The predicted octanol–water partition coefficient (Wildman–Crippen LogP) is 2.04. The van der Waals surface area contributed by atoms with Gasteiger partial charge < -0.3 is 24.0 Å². The standard InChI is InChI=1S/C20H28N2O5/c1-21-11-13-9-14(8-12(13)10-17(21)23)22(2)20(24)15-6-7-16(25-3)19(27-5)18(15)26-4/h6-7,12-14H,8-11H2,1-5H3/t12-,13+,14-/m1/s1. The molecule has 2 aliphatic rings. The Hall–Kier alpha value is -2.44. The van der Waals surface area contributed by atoms with Crippen LogP contribution in [0.5, 0.6) is 17.2 Å². The number of rotatable bonds is 5. The molecule has 1 saturated carbocycles. The van der Waals surface area contributed by atoms with Crippen molar-refractivity contribution in [3.05, 3.63) is 17.7 Å². The van der Waals surface area contributed by atoms with E-state index in [9.17, 15) is 9.59 Å². The number of likely N-dealkylation sites (tertiary alicyclic amines) is 1. The second kappa shape index (κ2) is 7.66. The highest BCUT2D eigenvalue weighted by Crippen LogP contribution is 2.43. The third kappa shape index (κ3) is 3.42. The Balaban J connectivity index is 1.81. The van der Waals surface area contributed by atoms with Gasteiger partial charge in [-0.1, -0.05) is 0 Å². The number of benzene rings is 1. The smallest absolute Gasteiger partial charge is 0.257 e. The molecule has 2 fully saturated rings. The first-order valence-electron chi connectivity index (χ1n) is 9.21. The molecule has 1 aliphatic carbocycles. The van der Waals surface area contributed by atoms with Gasteiger partial charge >= 0.3 is 0 Å². The van der Waals surface area contributed by atoms with E-state index in [1.165, 1.54) is 14.2 Å². The largest absolute Gasteiger partial charge is 0.493 e. The van der Waals surface area contributed by atoms with Crippen LogP contribution in [0.1, 0.15) is 29.6 Å². The fourth-order valence-electron chi connectivity index (χ4n) is 4.43. The highest BCUT2D eigenvalue weighted by Gasteiger charge is 2.42. The van der Waals surface area contributed by atoms with E-state index in [1.54, 1.807) is 24.1 Å². The maximum atomic E-state index is 13.2. The van der Waals surface area contributed by atoms with Crippen molar-refractivity contribution in [3.63, 3.8) is 0 Å². The Labute approximate surface area is 160 Å². The topological polar surface area (TPSA) is 68.3 Å². The minimum absolute atomic E-state index is 0.115. The van der Waals surface area contributed by atoms with E-state index in [-0.39, 0.29) is 17.9 Å². The maximum Gasteiger partial charge on any atom is 0.257 e. The van der Waals surface area contributed by atoms with Crippen molar-refractivity contribution in [3.8, 4) is 17.2 Å². The minimum Gasteiger partial charge on any atom is -0.493 e. The number of carbonyl (C=O) groups excluding carboxylic acids is 2. The minimum atomic E-state index is -0.115. The van der Waals surface area contributed by atoms with E-state index in [1.807, 2.05) is 19.0 Å². The van der Waals surface area contributed by atoms with Gasteiger partial charge in [0.05, 0.1) is 26.9 Å². The zero-order chi connectivity index (χ0) is 19.7. The predicted molar refractivity (Wildman–Crippen MR) is 100 cm³/mol. The molecule has 1 heterocycles. The third-order valence-corrected chi connectivity index (χ3v) is 5.99. The summed E-state index contributed by atoms with van der Waals surface area (Å²) >= 11 is 0. The fraction of sp³-hybridized carbons (Fsp3) is 0.600. The van der Waals surface area contributed by atoms with Gasteiger partial charge in [-0.2, -0.15) is 0 Å². The Kier molecular flexibility index (Phi) is 5.48. The Bertz CT molecular complexity index is 735. The molecule has 148 valence electrons. The van der Waals surface area contributed by atoms with Crippen LogP contribution in [0.15, 0.2) is 12.1 Å². The molecule has 1 aromatic rings. The van der Waals surface area contributed by atoms with Gasteiger partial charge in [-0.3, -0.25) is 9.59 Å². The van der Waals surface area contributed by atoms with Gasteiger partial charge in [0.2, 0.25) is 11.7 Å². The molecule has 7 nitrogen and oxygen atoms in total. The molecular formula is C20H28N2O5. The number of ether oxygens (including phenoxy) is 3. The summed E-state index contributed by atoms with van der Waals surface area (Å²) in [5.41, 5.74) is 0.445. The average Bonchev–Trinajstić information content (AvgIpc) is 3.08. The Morgan fingerprint density at radius 2 is 1.74 bits per heavy atom. The van der Waals surface area contributed by atoms with Crippen LogP contribution in [0.4, 0.5) is 0 Å². The summed E-state index contributed by atoms with van der Waals surface area (Å²) in [7, 11) is 8.26. The van der Waals surface area contributed by atoms with Crippen molar-refractivity contribution in [1.29, 1.82) is 0 Å². The van der Waals surface area contributed by atoms with Crippen LogP contribution in [0, 0.1) is 11.8 Å². The summed E-state index contributed by atoms with van der Waals surface area (Å²) in [4.78, 5) is 28.8. The molecule has 3 atom stereocenters. The number of fused-ring (bicyclic) bond motifs is 1. The molecule has 7 heteroatoms. The van der Waals surface area contributed by atoms with Crippen molar-refractivity contribution < 1.29 is 23.8 Å². The molecule has 0 aromatic heterocycles. The summed E-state index contributed by atoms with van der Waals surface area (Å²) in [6.07, 6.45) is 2.36. The van der Waals surface area contributed by atoms with Crippen LogP contribution in [-0.4, -0.2) is 69.6 Å². The summed E-state index contributed by atoms with van der Waals surface area (Å²) in [6.45, 7) is 0.779. The van der Waals surface area contributed by atoms with Crippen LogP contribution >= 0.6 is 0 Å². The molecule has 0 unspecified atom stereocenters. The zero-order valence-corrected chi connectivity index (χ0v) is 16.7. The first-order chi connectivity index (χ1) is 12.9. The van der Waals surface area contributed by atoms with E-state index in [2.05, 4.69) is 0 Å². The number of piperidine rings is 1. The maximum absolute atomic E-state index is 13.2. The lowest BCUT2D eigenvalue weighted by molar-refractivity contribution is -0.134. The third-order valence-electron chi connectivity index (χ3n) is 5.99. The van der Waals surface area contributed by atoms with Crippen LogP contribution in [0.2, 0.25) is 0 Å². The van der Waals surface area contributed by atoms with Crippen molar-refractivity contribution in [2.24, 2.45) is 11.8 Å². The van der Waals surface area contributed by atoms with Crippen LogP contribution in [-0.2, 0) is 4.79 Å². The number of methoxy groups -OCH3 is 3. The molecule has 1 aliphatic heterocycles. The number of hydrogen-bond acceptors (Lipinski definition) is 5. The number of amides is 2. The normalized spacial score (nSPS) is 24.4. The van der Waals surface area contributed by atoms with Crippen LogP contribution in [0.25, 0.3) is 0 Å². The van der Waals surface area contributed by atoms with Crippen molar-refractivity contribution in [2.75, 3.05) is 42.0 Å². The van der Waals surface area contributed by atoms with Gasteiger partial charge in [0.25, 0.3) is 5.91 Å². The van der Waals surface area contributed by atoms with Crippen molar-refractivity contribution in [1.82, 2.24) is 9.80 Å². The molecule has 1 aromatic carbocycles. The monoisotopic (exact) mass is 376 g/mol. The fourth-order valence-corrected chi connectivity index (χ4v) is 4.43. The Morgan fingerprint density at radius 3 is 2.37 bits per heavy atom. The van der Waals surface area contributed by atoms with Gasteiger partial charge in [0, 0.05) is 33.1 Å². The summed E-state index contributed by atoms with van der Waals surface area (Å²) in [5, 5.41) is 0. The zero-order valence-electron chi connectivity index (χ0n) is 16.7. The number of nitrogens with zero attached hydrogens (tertiary/aromatic N) is 2. The molecule has 0 bridgehead atoms. The first kappa shape index (κ1) is 19.3. The lowest BCUT2D eigenvalue weighted by atomic mass is 9.88. The van der Waals surface area contributed by atoms with E-state index in [0.717, 1.165) is 19.4 Å². The van der Waals surface area contributed by atoms with Crippen molar-refractivity contribution in [2.45, 2.75) is 25.3 Å². The molecule has 1 saturated heterocycles. The van der Waals surface area contributed by atoms with Gasteiger partial charge in [-0.05, 0) is 36.8 Å². The lowest BCUT2D eigenvalue weighted by Gasteiger charge is -2.31. The van der Waals surface area contributed by atoms with E-state index in [0.29, 0.717) is 41.1 Å². The molecule has 0 spiro atoms. The average molecular weight is 376 g/mol. The second-order valence-corrected chi connectivity index (χ2v) is 7.42. The highest BCUT2D eigenvalue weighted by atomic mass is 16.5. The second-order valence-electron chi connectivity index (χ2n) is 7.42. The first-order valence-corrected chi connectivity index (χ1v) is 9.21. The van der Waals surface area contributed by atoms with E-state index < -0.39 is 0 Å². The van der Waals surface area contributed by atoms with E-state index >= 15 is 0 Å². The van der Waals surface area contributed by atoms with E-state index in [4.69, 9.17) is 14.2 Å². The van der Waals surface area contributed by atoms with Crippen LogP contribution in [0.3, 0.4) is 0 Å². The summed E-state index contributed by atoms with van der Waals surface area (Å²) in [6, 6.07) is 3.53. The summed E-state index contributed by atoms with van der Waals surface area (Å²) in [5.74, 6) is 2.21. The van der Waals surface area contributed by atoms with Crippen molar-refractivity contribution >= 4 is 11.8 Å². The molecule has 0 N–H and O–H groups in total. The van der Waals surface area contributed by atoms with Gasteiger partial charge in [0.1, 0.15) is 0 Å². The van der Waals surface area contributed by atoms with Gasteiger partial charge in [-0.15, -0.1) is 0 Å². The SMILES string of the molecule is COc1ccc(C(=O)N(C)[C@@H]2C[C@@H]3CC(=O)N(C)C[C@@H]3C2)c(OC)c1OC. The number of carbonyl (C=O) groups is 2. The Morgan fingerprint density at radius 1 is 1.07 bits per heavy atom.